The lowest BCUT2D eigenvalue weighted by Crippen LogP contribution is -2.05. The fourth-order valence-electron chi connectivity index (χ4n) is 0.970. The molecule has 2 heterocycles. The zero-order chi connectivity index (χ0) is 6.97. The van der Waals surface area contributed by atoms with Crippen molar-refractivity contribution in [1.29, 1.82) is 0 Å². The number of hydrogen-bond donors (Lipinski definition) is 0. The normalized spacial score (nSPS) is 27.9. The second-order valence-corrected chi connectivity index (χ2v) is 2.52. The van der Waals surface area contributed by atoms with E-state index in [1.54, 1.807) is 12.3 Å². The molecule has 2 nitrogen and oxygen atoms in total. The van der Waals surface area contributed by atoms with Crippen molar-refractivity contribution >= 4 is 23.0 Å². The van der Waals surface area contributed by atoms with E-state index < -0.39 is 0 Å². The summed E-state index contributed by atoms with van der Waals surface area (Å²) in [5.74, 6) is 0. The first kappa shape index (κ1) is 5.86. The molecule has 1 atom stereocenters. The van der Waals surface area contributed by atoms with E-state index in [4.69, 9.17) is 11.6 Å². The Morgan fingerprint density at radius 2 is 2.40 bits per heavy atom. The number of allylic oxidation sites excluding steroid dienone is 2. The van der Waals surface area contributed by atoms with Gasteiger partial charge in [-0.3, -0.25) is 4.99 Å². The fourth-order valence-corrected chi connectivity index (χ4v) is 1.14. The van der Waals surface area contributed by atoms with E-state index in [1.807, 2.05) is 12.2 Å². The molecule has 10 heavy (non-hydrogen) atoms. The highest BCUT2D eigenvalue weighted by Crippen LogP contribution is 2.19. The average Bonchev–Trinajstić information content (AvgIpc) is 2.33. The Kier molecular flexibility index (Phi) is 1.21. The summed E-state index contributed by atoms with van der Waals surface area (Å²) in [6.45, 7) is 0. The second-order valence-electron chi connectivity index (χ2n) is 2.13. The Hall–Kier alpha value is -0.890. The first-order chi connectivity index (χ1) is 4.86. The molecule has 2 aliphatic heterocycles. The molecule has 0 aliphatic carbocycles. The molecular formula is C7H5ClN2. The molecule has 50 valence electrons. The number of aliphatic imine (C=N–C) groups is 2. The highest BCUT2D eigenvalue weighted by molar-refractivity contribution is 6.68. The summed E-state index contributed by atoms with van der Waals surface area (Å²) < 4.78 is 0. The Morgan fingerprint density at radius 1 is 1.50 bits per heavy atom. The molecule has 0 fully saturated rings. The van der Waals surface area contributed by atoms with Gasteiger partial charge in [0.25, 0.3) is 0 Å². The molecule has 2 aliphatic rings. The summed E-state index contributed by atoms with van der Waals surface area (Å²) in [5, 5.41) is 0.535. The van der Waals surface area contributed by atoms with Crippen molar-refractivity contribution in [1.82, 2.24) is 0 Å². The van der Waals surface area contributed by atoms with Crippen LogP contribution in [-0.2, 0) is 0 Å². The first-order valence-corrected chi connectivity index (χ1v) is 3.40. The van der Waals surface area contributed by atoms with Crippen molar-refractivity contribution in [3.8, 4) is 0 Å². The lowest BCUT2D eigenvalue weighted by molar-refractivity contribution is 0.955. The van der Waals surface area contributed by atoms with Gasteiger partial charge in [-0.1, -0.05) is 17.7 Å². The van der Waals surface area contributed by atoms with Crippen LogP contribution in [0.4, 0.5) is 0 Å². The van der Waals surface area contributed by atoms with Crippen LogP contribution >= 0.6 is 11.6 Å². The smallest absolute Gasteiger partial charge is 0.129 e. The summed E-state index contributed by atoms with van der Waals surface area (Å²) in [6.07, 6.45) is 7.33. The van der Waals surface area contributed by atoms with Crippen molar-refractivity contribution in [2.24, 2.45) is 9.98 Å². The zero-order valence-electron chi connectivity index (χ0n) is 5.16. The van der Waals surface area contributed by atoms with Crippen LogP contribution in [0.2, 0.25) is 0 Å². The maximum atomic E-state index is 5.65. The Balaban J connectivity index is 2.39. The van der Waals surface area contributed by atoms with Gasteiger partial charge in [0, 0.05) is 6.21 Å². The van der Waals surface area contributed by atoms with Crippen LogP contribution in [0.5, 0.6) is 0 Å². The summed E-state index contributed by atoms with van der Waals surface area (Å²) in [6, 6.07) is 0.127. The number of dihydropyridines is 1. The fraction of sp³-hybridized carbons (Fsp3) is 0.143. The Morgan fingerprint density at radius 3 is 3.30 bits per heavy atom. The van der Waals surface area contributed by atoms with Crippen molar-refractivity contribution < 1.29 is 0 Å². The molecular weight excluding hydrogens is 148 g/mol. The van der Waals surface area contributed by atoms with Gasteiger partial charge in [-0.15, -0.1) is 0 Å². The van der Waals surface area contributed by atoms with E-state index in [0.29, 0.717) is 5.17 Å². The third-order valence-electron chi connectivity index (χ3n) is 1.45. The van der Waals surface area contributed by atoms with Crippen LogP contribution in [0.1, 0.15) is 0 Å². The molecule has 0 saturated heterocycles. The molecule has 0 aromatic carbocycles. The SMILES string of the molecule is ClC1=NC2=CC=N[C@H]2C=C1. The van der Waals surface area contributed by atoms with Crippen LogP contribution in [0.25, 0.3) is 0 Å². The summed E-state index contributed by atoms with van der Waals surface area (Å²) in [4.78, 5) is 8.20. The minimum Gasteiger partial charge on any atom is -0.279 e. The molecule has 0 bridgehead atoms. The van der Waals surface area contributed by atoms with E-state index in [9.17, 15) is 0 Å². The van der Waals surface area contributed by atoms with Crippen LogP contribution in [0, 0.1) is 0 Å². The van der Waals surface area contributed by atoms with Gasteiger partial charge in [-0.25, -0.2) is 4.99 Å². The second kappa shape index (κ2) is 2.06. The molecule has 0 amide bonds. The van der Waals surface area contributed by atoms with E-state index in [2.05, 4.69) is 9.98 Å². The molecule has 0 aromatic rings. The molecule has 2 rings (SSSR count). The van der Waals surface area contributed by atoms with Crippen LogP contribution in [0.15, 0.2) is 33.9 Å². The van der Waals surface area contributed by atoms with Crippen LogP contribution in [0.3, 0.4) is 0 Å². The van der Waals surface area contributed by atoms with Crippen molar-refractivity contribution in [2.75, 3.05) is 0 Å². The molecule has 0 radical (unpaired) electrons. The highest BCUT2D eigenvalue weighted by atomic mass is 35.5. The predicted molar refractivity (Wildman–Crippen MR) is 42.8 cm³/mol. The summed E-state index contributed by atoms with van der Waals surface area (Å²) in [5.41, 5.74) is 0.938. The third kappa shape index (κ3) is 0.809. The van der Waals surface area contributed by atoms with Gasteiger partial charge < -0.3 is 0 Å². The monoisotopic (exact) mass is 152 g/mol. The number of rotatable bonds is 0. The van der Waals surface area contributed by atoms with Crippen molar-refractivity contribution in [2.45, 2.75) is 6.04 Å². The first-order valence-electron chi connectivity index (χ1n) is 3.02. The predicted octanol–water partition coefficient (Wildman–Crippen LogP) is 1.53. The third-order valence-corrected chi connectivity index (χ3v) is 1.66. The van der Waals surface area contributed by atoms with E-state index in [1.165, 1.54) is 0 Å². The standard InChI is InChI=1S/C7H5ClN2/c8-7-2-1-5-6(10-7)3-4-9-5/h1-5H/t5-/m0/s1. The van der Waals surface area contributed by atoms with Crippen LogP contribution < -0.4 is 0 Å². The summed E-state index contributed by atoms with van der Waals surface area (Å²) >= 11 is 5.65. The topological polar surface area (TPSA) is 24.7 Å². The highest BCUT2D eigenvalue weighted by Gasteiger charge is 2.15. The average molecular weight is 153 g/mol. The van der Waals surface area contributed by atoms with Gasteiger partial charge in [0.15, 0.2) is 0 Å². The minimum absolute atomic E-state index is 0.127. The van der Waals surface area contributed by atoms with Gasteiger partial charge in [0.05, 0.1) is 5.70 Å². The quantitative estimate of drug-likeness (QED) is 0.503. The molecule has 0 saturated carbocycles. The molecule has 0 aromatic heterocycles. The zero-order valence-corrected chi connectivity index (χ0v) is 5.92. The lowest BCUT2D eigenvalue weighted by atomic mass is 10.2. The lowest BCUT2D eigenvalue weighted by Gasteiger charge is -2.07. The number of fused-ring (bicyclic) bond motifs is 1. The van der Waals surface area contributed by atoms with Gasteiger partial charge in [-0.2, -0.15) is 0 Å². The van der Waals surface area contributed by atoms with Crippen molar-refractivity contribution in [3.05, 3.63) is 23.9 Å². The van der Waals surface area contributed by atoms with E-state index in [-0.39, 0.29) is 6.04 Å². The Labute approximate surface area is 63.6 Å². The molecule has 0 unspecified atom stereocenters. The van der Waals surface area contributed by atoms with Gasteiger partial charge in [0.2, 0.25) is 0 Å². The molecule has 3 heteroatoms. The number of halogens is 1. The Bertz CT molecular complexity index is 273. The van der Waals surface area contributed by atoms with Gasteiger partial charge in [0.1, 0.15) is 11.2 Å². The van der Waals surface area contributed by atoms with Crippen molar-refractivity contribution in [3.63, 3.8) is 0 Å². The number of nitrogens with zero attached hydrogens (tertiary/aromatic N) is 2. The van der Waals surface area contributed by atoms with Gasteiger partial charge in [-0.05, 0) is 12.2 Å². The largest absolute Gasteiger partial charge is 0.279 e. The van der Waals surface area contributed by atoms with E-state index >= 15 is 0 Å². The van der Waals surface area contributed by atoms with E-state index in [0.717, 1.165) is 5.70 Å². The number of hydrogen-bond acceptors (Lipinski definition) is 2. The molecule has 0 N–H and O–H groups in total. The molecule has 0 spiro atoms. The van der Waals surface area contributed by atoms with Crippen LogP contribution in [-0.4, -0.2) is 17.4 Å². The van der Waals surface area contributed by atoms with Gasteiger partial charge >= 0.3 is 0 Å². The maximum Gasteiger partial charge on any atom is 0.129 e. The maximum absolute atomic E-state index is 5.65. The summed E-state index contributed by atoms with van der Waals surface area (Å²) in [7, 11) is 0. The minimum atomic E-state index is 0.127.